The standard InChI is InChI=1S/C26H35ClN2O6/c1-3-25-13-14-26(35-25)19(20(25)24(33)34-4-2)23(32)29(15-7-5-6-8-16-30)21(26)22(31)28-18-11-9-17(27)10-12-18/h9-12,19-21,30H,3-8,13-16H2,1-2H3,(H,28,31)/t19-,20+,21?,25-,26?/m0/s1. The minimum atomic E-state index is -1.06. The molecule has 2 N–H and O–H groups in total. The molecule has 3 fully saturated rings. The van der Waals surface area contributed by atoms with Gasteiger partial charge < -0.3 is 24.8 Å². The number of benzene rings is 1. The Kier molecular flexibility index (Phi) is 7.74. The monoisotopic (exact) mass is 506 g/mol. The number of aliphatic hydroxyl groups is 1. The Morgan fingerprint density at radius 2 is 1.89 bits per heavy atom. The third-order valence-corrected chi connectivity index (χ3v) is 8.14. The molecule has 2 amide bonds. The van der Waals surface area contributed by atoms with Crippen LogP contribution in [0.1, 0.15) is 58.8 Å². The van der Waals surface area contributed by atoms with Crippen molar-refractivity contribution in [3.05, 3.63) is 29.3 Å². The van der Waals surface area contributed by atoms with Gasteiger partial charge in [0.2, 0.25) is 11.8 Å². The number of carbonyl (C=O) groups is 3. The van der Waals surface area contributed by atoms with Gasteiger partial charge in [-0.05, 0) is 63.3 Å². The second-order valence-electron chi connectivity index (χ2n) is 9.75. The number of aliphatic hydroxyl groups excluding tert-OH is 1. The van der Waals surface area contributed by atoms with Gasteiger partial charge in [-0.25, -0.2) is 0 Å². The second-order valence-corrected chi connectivity index (χ2v) is 10.2. The molecule has 3 heterocycles. The van der Waals surface area contributed by atoms with Crippen LogP contribution in [0.3, 0.4) is 0 Å². The number of carbonyl (C=O) groups excluding carboxylic acids is 3. The average molecular weight is 507 g/mol. The predicted octanol–water partition coefficient (Wildman–Crippen LogP) is 3.55. The van der Waals surface area contributed by atoms with Gasteiger partial charge in [0.05, 0.1) is 18.1 Å². The molecule has 1 aromatic rings. The quantitative estimate of drug-likeness (QED) is 0.351. The first-order valence-electron chi connectivity index (χ1n) is 12.7. The van der Waals surface area contributed by atoms with Crippen molar-refractivity contribution in [2.45, 2.75) is 76.0 Å². The van der Waals surface area contributed by atoms with Gasteiger partial charge in [-0.1, -0.05) is 31.4 Å². The van der Waals surface area contributed by atoms with E-state index in [0.29, 0.717) is 49.4 Å². The molecule has 0 aliphatic carbocycles. The molecular formula is C26H35ClN2O6. The van der Waals surface area contributed by atoms with Crippen molar-refractivity contribution in [2.75, 3.05) is 25.1 Å². The molecule has 1 spiro atoms. The lowest BCUT2D eigenvalue weighted by Gasteiger charge is -2.33. The van der Waals surface area contributed by atoms with Gasteiger partial charge in [0.25, 0.3) is 0 Å². The van der Waals surface area contributed by atoms with Crippen LogP contribution in [0.25, 0.3) is 0 Å². The second kappa shape index (κ2) is 10.4. The Morgan fingerprint density at radius 1 is 1.17 bits per heavy atom. The molecule has 2 unspecified atom stereocenters. The molecule has 9 heteroatoms. The Balaban J connectivity index is 1.66. The molecule has 2 bridgehead atoms. The molecule has 0 aromatic heterocycles. The Hall–Kier alpha value is -2.16. The summed E-state index contributed by atoms with van der Waals surface area (Å²) >= 11 is 5.99. The number of hydrogen-bond donors (Lipinski definition) is 2. The first-order valence-corrected chi connectivity index (χ1v) is 13.1. The molecule has 192 valence electrons. The van der Waals surface area contributed by atoms with Crippen molar-refractivity contribution in [1.82, 2.24) is 4.90 Å². The van der Waals surface area contributed by atoms with Crippen LogP contribution in [-0.4, -0.2) is 64.8 Å². The van der Waals surface area contributed by atoms with E-state index in [1.165, 1.54) is 0 Å². The number of anilines is 1. The van der Waals surface area contributed by atoms with Crippen LogP contribution in [0.5, 0.6) is 0 Å². The van der Waals surface area contributed by atoms with Gasteiger partial charge in [-0.15, -0.1) is 0 Å². The normalized spacial score (nSPS) is 31.0. The van der Waals surface area contributed by atoms with Crippen LogP contribution in [0.4, 0.5) is 5.69 Å². The summed E-state index contributed by atoms with van der Waals surface area (Å²) in [6.45, 7) is 4.45. The van der Waals surface area contributed by atoms with Crippen LogP contribution >= 0.6 is 11.6 Å². The maximum absolute atomic E-state index is 13.9. The van der Waals surface area contributed by atoms with E-state index in [2.05, 4.69) is 5.32 Å². The summed E-state index contributed by atoms with van der Waals surface area (Å²) in [6.07, 6.45) is 4.77. The summed E-state index contributed by atoms with van der Waals surface area (Å²) in [5.41, 5.74) is -1.28. The molecule has 3 saturated heterocycles. The molecular weight excluding hydrogens is 472 g/mol. The number of hydrogen-bond acceptors (Lipinski definition) is 6. The molecule has 35 heavy (non-hydrogen) atoms. The van der Waals surface area contributed by atoms with Gasteiger partial charge in [0.15, 0.2) is 0 Å². The van der Waals surface area contributed by atoms with Gasteiger partial charge in [0.1, 0.15) is 17.6 Å². The minimum absolute atomic E-state index is 0.133. The zero-order chi connectivity index (χ0) is 25.2. The highest BCUT2D eigenvalue weighted by molar-refractivity contribution is 6.30. The van der Waals surface area contributed by atoms with Crippen LogP contribution in [0.2, 0.25) is 5.02 Å². The molecule has 3 aliphatic heterocycles. The van der Waals surface area contributed by atoms with Crippen molar-refractivity contribution in [1.29, 1.82) is 0 Å². The number of rotatable bonds is 11. The number of likely N-dealkylation sites (tertiary alicyclic amines) is 1. The van der Waals surface area contributed by atoms with E-state index in [0.717, 1.165) is 12.8 Å². The third kappa shape index (κ3) is 4.45. The van der Waals surface area contributed by atoms with Crippen molar-refractivity contribution in [2.24, 2.45) is 11.8 Å². The molecule has 4 rings (SSSR count). The highest BCUT2D eigenvalue weighted by Crippen LogP contribution is 2.64. The largest absolute Gasteiger partial charge is 0.466 e. The number of ether oxygens (including phenoxy) is 2. The highest BCUT2D eigenvalue weighted by atomic mass is 35.5. The Bertz CT molecular complexity index is 956. The summed E-state index contributed by atoms with van der Waals surface area (Å²) < 4.78 is 12.1. The van der Waals surface area contributed by atoms with E-state index in [1.807, 2.05) is 6.92 Å². The topological polar surface area (TPSA) is 105 Å². The predicted molar refractivity (Wildman–Crippen MR) is 131 cm³/mol. The maximum Gasteiger partial charge on any atom is 0.312 e. The fourth-order valence-electron chi connectivity index (χ4n) is 6.34. The number of amides is 2. The van der Waals surface area contributed by atoms with Crippen molar-refractivity contribution < 1.29 is 29.0 Å². The maximum atomic E-state index is 13.9. The molecule has 0 radical (unpaired) electrons. The number of fused-ring (bicyclic) bond motifs is 1. The molecule has 1 aromatic carbocycles. The number of halogens is 1. The van der Waals surface area contributed by atoms with Crippen LogP contribution in [-0.2, 0) is 23.9 Å². The molecule has 0 saturated carbocycles. The van der Waals surface area contributed by atoms with Crippen LogP contribution < -0.4 is 5.32 Å². The number of esters is 1. The first-order chi connectivity index (χ1) is 16.8. The fourth-order valence-corrected chi connectivity index (χ4v) is 6.47. The molecule has 3 aliphatic rings. The number of unbranched alkanes of at least 4 members (excludes halogenated alkanes) is 3. The summed E-state index contributed by atoms with van der Waals surface area (Å²) in [7, 11) is 0. The fraction of sp³-hybridized carbons (Fsp3) is 0.654. The average Bonchev–Trinajstić information content (AvgIpc) is 3.44. The van der Waals surface area contributed by atoms with E-state index < -0.39 is 35.0 Å². The lowest BCUT2D eigenvalue weighted by molar-refractivity contribution is -0.160. The van der Waals surface area contributed by atoms with E-state index in [1.54, 1.807) is 36.1 Å². The minimum Gasteiger partial charge on any atom is -0.466 e. The lowest BCUT2D eigenvalue weighted by Crippen LogP contribution is -2.53. The Morgan fingerprint density at radius 3 is 2.54 bits per heavy atom. The van der Waals surface area contributed by atoms with E-state index in [-0.39, 0.29) is 25.0 Å². The summed E-state index contributed by atoms with van der Waals surface area (Å²) in [5.74, 6) is -2.42. The van der Waals surface area contributed by atoms with Gasteiger partial charge in [0, 0.05) is 23.9 Å². The van der Waals surface area contributed by atoms with Gasteiger partial charge >= 0.3 is 5.97 Å². The van der Waals surface area contributed by atoms with Crippen molar-refractivity contribution in [3.8, 4) is 0 Å². The Labute approximate surface area is 211 Å². The SMILES string of the molecule is CCOC(=O)[C@H]1[C@H]2C(=O)N(CCCCCCO)C(C(=O)Nc3ccc(Cl)cc3)C23CC[C@]1(CC)O3. The summed E-state index contributed by atoms with van der Waals surface area (Å²) in [6, 6.07) is 5.97. The van der Waals surface area contributed by atoms with Crippen molar-refractivity contribution >= 4 is 35.1 Å². The number of nitrogens with zero attached hydrogens (tertiary/aromatic N) is 1. The summed E-state index contributed by atoms with van der Waals surface area (Å²) in [4.78, 5) is 42.4. The lowest BCUT2D eigenvalue weighted by atomic mass is 9.65. The van der Waals surface area contributed by atoms with Crippen LogP contribution in [0.15, 0.2) is 24.3 Å². The summed E-state index contributed by atoms with van der Waals surface area (Å²) in [5, 5.41) is 12.6. The highest BCUT2D eigenvalue weighted by Gasteiger charge is 2.78. The zero-order valence-electron chi connectivity index (χ0n) is 20.4. The van der Waals surface area contributed by atoms with Crippen molar-refractivity contribution in [3.63, 3.8) is 0 Å². The van der Waals surface area contributed by atoms with E-state index >= 15 is 0 Å². The molecule has 5 atom stereocenters. The first kappa shape index (κ1) is 25.9. The van der Waals surface area contributed by atoms with Crippen LogP contribution in [0, 0.1) is 11.8 Å². The smallest absolute Gasteiger partial charge is 0.312 e. The molecule has 8 nitrogen and oxygen atoms in total. The van der Waals surface area contributed by atoms with Gasteiger partial charge in [-0.2, -0.15) is 0 Å². The third-order valence-electron chi connectivity index (χ3n) is 7.89. The van der Waals surface area contributed by atoms with Gasteiger partial charge in [-0.3, -0.25) is 14.4 Å². The number of nitrogens with one attached hydrogen (secondary N) is 1. The van der Waals surface area contributed by atoms with E-state index in [4.69, 9.17) is 26.2 Å². The zero-order valence-corrected chi connectivity index (χ0v) is 21.2. The van der Waals surface area contributed by atoms with E-state index in [9.17, 15) is 14.4 Å².